The highest BCUT2D eigenvalue weighted by Gasteiger charge is 2.60. The average molecular weight is 339 g/mol. The van der Waals surface area contributed by atoms with Crippen LogP contribution in [0.4, 0.5) is 0 Å². The molecule has 6 nitrogen and oxygen atoms in total. The maximum atomic E-state index is 13.0. The highest BCUT2D eigenvalue weighted by molar-refractivity contribution is 5.96. The van der Waals surface area contributed by atoms with E-state index in [1.807, 2.05) is 36.2 Å². The van der Waals surface area contributed by atoms with E-state index in [1.165, 1.54) is 0 Å². The zero-order valence-corrected chi connectivity index (χ0v) is 14.1. The third kappa shape index (κ3) is 2.27. The Hall–Kier alpha value is -2.63. The summed E-state index contributed by atoms with van der Waals surface area (Å²) in [6, 6.07) is 9.01. The highest BCUT2D eigenvalue weighted by atomic mass is 16.4. The fraction of sp³-hybridized carbons (Fsp3) is 0.421. The van der Waals surface area contributed by atoms with Gasteiger partial charge in [-0.3, -0.25) is 9.59 Å². The molecule has 130 valence electrons. The minimum atomic E-state index is -0.784. The standard InChI is InChI=1S/C19H21N3O3/c1-2-19(18(24)25)12-15-8-9-16(19)22(15)17(23)13-4-6-14(7-5-13)21-11-3-10-20-21/h3-7,10-11,15-16H,2,8-9,12H2,1H3,(H,24,25)/t15-,16+,19+/m0/s1. The van der Waals surface area contributed by atoms with Crippen LogP contribution in [0.15, 0.2) is 42.7 Å². The number of amides is 1. The molecule has 0 spiro atoms. The lowest BCUT2D eigenvalue weighted by Crippen LogP contribution is -2.44. The number of carbonyl (C=O) groups excluding carboxylic acids is 1. The van der Waals surface area contributed by atoms with E-state index in [1.54, 1.807) is 23.0 Å². The zero-order chi connectivity index (χ0) is 17.6. The molecule has 2 aliphatic heterocycles. The predicted octanol–water partition coefficient (Wildman–Crippen LogP) is 2.73. The normalized spacial score (nSPS) is 27.6. The molecule has 2 aliphatic rings. The second-order valence-electron chi connectivity index (χ2n) is 6.98. The Morgan fingerprint density at radius 2 is 2.04 bits per heavy atom. The van der Waals surface area contributed by atoms with Gasteiger partial charge in [-0.1, -0.05) is 6.92 Å². The molecular formula is C19H21N3O3. The minimum Gasteiger partial charge on any atom is -0.481 e. The van der Waals surface area contributed by atoms with Crippen LogP contribution in [0.1, 0.15) is 43.0 Å². The minimum absolute atomic E-state index is 0.0411. The number of rotatable bonds is 4. The predicted molar refractivity (Wildman–Crippen MR) is 91.5 cm³/mol. The number of fused-ring (bicyclic) bond motifs is 2. The molecule has 0 aliphatic carbocycles. The van der Waals surface area contributed by atoms with Crippen LogP contribution in [-0.4, -0.2) is 43.7 Å². The Labute approximate surface area is 146 Å². The Bertz CT molecular complexity index is 800. The molecule has 3 heterocycles. The van der Waals surface area contributed by atoms with Crippen LogP contribution in [0.2, 0.25) is 0 Å². The maximum Gasteiger partial charge on any atom is 0.311 e. The van der Waals surface area contributed by atoms with Crippen LogP contribution < -0.4 is 0 Å². The molecule has 0 radical (unpaired) electrons. The number of nitrogens with zero attached hydrogens (tertiary/aromatic N) is 3. The Kier molecular flexibility index (Phi) is 3.63. The molecule has 0 saturated carbocycles. The number of carbonyl (C=O) groups is 2. The number of aromatic nitrogens is 2. The third-order valence-electron chi connectivity index (χ3n) is 5.91. The van der Waals surface area contributed by atoms with Gasteiger partial charge in [0, 0.05) is 30.0 Å². The molecule has 1 N–H and O–H groups in total. The lowest BCUT2D eigenvalue weighted by atomic mass is 9.72. The van der Waals surface area contributed by atoms with Crippen LogP contribution in [0.5, 0.6) is 0 Å². The molecule has 4 rings (SSSR count). The van der Waals surface area contributed by atoms with Crippen molar-refractivity contribution in [2.45, 2.75) is 44.7 Å². The van der Waals surface area contributed by atoms with Gasteiger partial charge < -0.3 is 10.0 Å². The second-order valence-corrected chi connectivity index (χ2v) is 6.98. The van der Waals surface area contributed by atoms with Crippen molar-refractivity contribution in [3.63, 3.8) is 0 Å². The summed E-state index contributed by atoms with van der Waals surface area (Å²) in [5, 5.41) is 13.9. The summed E-state index contributed by atoms with van der Waals surface area (Å²) in [6.45, 7) is 1.91. The number of hydrogen-bond donors (Lipinski definition) is 1. The highest BCUT2D eigenvalue weighted by Crippen LogP contribution is 2.52. The van der Waals surface area contributed by atoms with Crippen LogP contribution in [0, 0.1) is 5.41 Å². The molecule has 25 heavy (non-hydrogen) atoms. The maximum absolute atomic E-state index is 13.0. The number of aliphatic carboxylic acids is 1. The molecule has 2 saturated heterocycles. The summed E-state index contributed by atoms with van der Waals surface area (Å²) >= 11 is 0. The first-order chi connectivity index (χ1) is 12.1. The van der Waals surface area contributed by atoms with Gasteiger partial charge in [-0.15, -0.1) is 0 Å². The van der Waals surface area contributed by atoms with E-state index in [0.29, 0.717) is 18.4 Å². The van der Waals surface area contributed by atoms with Gasteiger partial charge >= 0.3 is 5.97 Å². The first-order valence-electron chi connectivity index (χ1n) is 8.73. The van der Waals surface area contributed by atoms with Crippen molar-refractivity contribution >= 4 is 11.9 Å². The number of hydrogen-bond acceptors (Lipinski definition) is 3. The Morgan fingerprint density at radius 1 is 1.28 bits per heavy atom. The van der Waals surface area contributed by atoms with E-state index in [9.17, 15) is 14.7 Å². The van der Waals surface area contributed by atoms with E-state index < -0.39 is 11.4 Å². The number of carboxylic acid groups (broad SMARTS) is 1. The molecule has 1 aromatic carbocycles. The molecule has 2 fully saturated rings. The summed E-state index contributed by atoms with van der Waals surface area (Å²) in [6.07, 6.45) is 6.36. The second kappa shape index (κ2) is 5.72. The number of carboxylic acids is 1. The zero-order valence-electron chi connectivity index (χ0n) is 14.1. The van der Waals surface area contributed by atoms with E-state index in [-0.39, 0.29) is 18.0 Å². The van der Waals surface area contributed by atoms with Crippen molar-refractivity contribution in [3.05, 3.63) is 48.3 Å². The van der Waals surface area contributed by atoms with Crippen LogP contribution in [0.25, 0.3) is 5.69 Å². The first kappa shape index (κ1) is 15.9. The molecule has 0 unspecified atom stereocenters. The molecule has 2 bridgehead atoms. The monoisotopic (exact) mass is 339 g/mol. The SMILES string of the molecule is CC[C@@]1(C(=O)O)C[C@@H]2CC[C@H]1N2C(=O)c1ccc(-n2cccn2)cc1. The van der Waals surface area contributed by atoms with E-state index in [4.69, 9.17) is 0 Å². The summed E-state index contributed by atoms with van der Waals surface area (Å²) in [5.74, 6) is -0.829. The third-order valence-corrected chi connectivity index (χ3v) is 5.91. The van der Waals surface area contributed by atoms with Gasteiger partial charge in [0.15, 0.2) is 0 Å². The molecule has 2 aromatic rings. The van der Waals surface area contributed by atoms with Crippen LogP contribution in [-0.2, 0) is 4.79 Å². The van der Waals surface area contributed by atoms with Gasteiger partial charge in [0.2, 0.25) is 0 Å². The molecule has 6 heteroatoms. The Balaban J connectivity index is 1.60. The average Bonchev–Trinajstić information content (AvgIpc) is 3.36. The molecule has 3 atom stereocenters. The summed E-state index contributed by atoms with van der Waals surface area (Å²) in [4.78, 5) is 26.8. The molecule has 1 aromatic heterocycles. The lowest BCUT2D eigenvalue weighted by Gasteiger charge is -2.32. The molecule has 1 amide bonds. The Morgan fingerprint density at radius 3 is 2.60 bits per heavy atom. The van der Waals surface area contributed by atoms with Crippen molar-refractivity contribution in [2.75, 3.05) is 0 Å². The van der Waals surface area contributed by atoms with Gasteiger partial charge in [0.25, 0.3) is 5.91 Å². The van der Waals surface area contributed by atoms with Crippen LogP contribution >= 0.6 is 0 Å². The summed E-state index contributed by atoms with van der Waals surface area (Å²) in [5.41, 5.74) is 0.706. The van der Waals surface area contributed by atoms with Crippen LogP contribution in [0.3, 0.4) is 0 Å². The van der Waals surface area contributed by atoms with Gasteiger partial charge in [0.1, 0.15) is 0 Å². The topological polar surface area (TPSA) is 75.4 Å². The fourth-order valence-electron chi connectivity index (χ4n) is 4.58. The van der Waals surface area contributed by atoms with Gasteiger partial charge in [-0.25, -0.2) is 4.68 Å². The van der Waals surface area contributed by atoms with Gasteiger partial charge in [-0.05, 0) is 56.0 Å². The van der Waals surface area contributed by atoms with Crippen molar-refractivity contribution < 1.29 is 14.7 Å². The van der Waals surface area contributed by atoms with Crippen molar-refractivity contribution in [1.82, 2.24) is 14.7 Å². The van der Waals surface area contributed by atoms with Crippen molar-refractivity contribution in [1.29, 1.82) is 0 Å². The smallest absolute Gasteiger partial charge is 0.311 e. The summed E-state index contributed by atoms with van der Waals surface area (Å²) in [7, 11) is 0. The number of benzene rings is 1. The fourth-order valence-corrected chi connectivity index (χ4v) is 4.58. The van der Waals surface area contributed by atoms with Crippen molar-refractivity contribution in [2.24, 2.45) is 5.41 Å². The van der Waals surface area contributed by atoms with Crippen molar-refractivity contribution in [3.8, 4) is 5.69 Å². The quantitative estimate of drug-likeness (QED) is 0.929. The first-order valence-corrected chi connectivity index (χ1v) is 8.73. The van der Waals surface area contributed by atoms with Gasteiger partial charge in [-0.2, -0.15) is 5.10 Å². The van der Waals surface area contributed by atoms with E-state index in [2.05, 4.69) is 5.10 Å². The summed E-state index contributed by atoms with van der Waals surface area (Å²) < 4.78 is 1.74. The van der Waals surface area contributed by atoms with E-state index >= 15 is 0 Å². The van der Waals surface area contributed by atoms with E-state index in [0.717, 1.165) is 18.5 Å². The lowest BCUT2D eigenvalue weighted by molar-refractivity contribution is -0.151. The van der Waals surface area contributed by atoms with Gasteiger partial charge in [0.05, 0.1) is 11.1 Å². The largest absolute Gasteiger partial charge is 0.481 e. The molecular weight excluding hydrogens is 318 g/mol.